The molecule has 0 spiro atoms. The Morgan fingerprint density at radius 2 is 2.03 bits per heavy atom. The monoisotopic (exact) mass is 479 g/mol. The molecule has 11 heteroatoms. The molecule has 0 amide bonds. The largest absolute Gasteiger partial charge is 0.383 e. The lowest BCUT2D eigenvalue weighted by atomic mass is 10.2. The Kier molecular flexibility index (Phi) is 8.38. The van der Waals surface area contributed by atoms with E-state index in [0.29, 0.717) is 44.6 Å². The molecule has 3 rings (SSSR count). The molecule has 2 aromatic rings. The van der Waals surface area contributed by atoms with Gasteiger partial charge in [0.05, 0.1) is 30.9 Å². The predicted molar refractivity (Wildman–Crippen MR) is 128 cm³/mol. The summed E-state index contributed by atoms with van der Waals surface area (Å²) in [6, 6.07) is 8.99. The van der Waals surface area contributed by atoms with Gasteiger partial charge in [0.25, 0.3) is 0 Å². The molecule has 0 aliphatic carbocycles. The first-order chi connectivity index (χ1) is 15.3. The molecule has 9 nitrogen and oxygen atoms in total. The van der Waals surface area contributed by atoms with E-state index in [9.17, 15) is 8.42 Å². The summed E-state index contributed by atoms with van der Waals surface area (Å²) < 4.78 is 39.8. The highest BCUT2D eigenvalue weighted by atomic mass is 32.2. The summed E-state index contributed by atoms with van der Waals surface area (Å²) in [5.41, 5.74) is 6.36. The molecule has 1 saturated heterocycles. The average Bonchev–Trinajstić information content (AvgIpc) is 3.07. The van der Waals surface area contributed by atoms with Crippen LogP contribution in [0.2, 0.25) is 0 Å². The SMILES string of the molecule is COCCNC(=S)N/N=C/c1cc(C)n(-c2cccc(S(=O)(=O)N3CCOCC3)c2)c1C. The van der Waals surface area contributed by atoms with Crippen LogP contribution in [0.15, 0.2) is 40.3 Å². The van der Waals surface area contributed by atoms with Gasteiger partial charge >= 0.3 is 0 Å². The van der Waals surface area contributed by atoms with Gasteiger partial charge in [-0.05, 0) is 50.3 Å². The molecule has 1 fully saturated rings. The number of benzene rings is 1. The van der Waals surface area contributed by atoms with Crippen molar-refractivity contribution in [1.29, 1.82) is 0 Å². The number of sulfonamides is 1. The van der Waals surface area contributed by atoms with Crippen molar-refractivity contribution in [2.75, 3.05) is 46.6 Å². The molecule has 0 unspecified atom stereocenters. The topological polar surface area (TPSA) is 97.2 Å². The van der Waals surface area contributed by atoms with Gasteiger partial charge < -0.3 is 19.4 Å². The third-order valence-electron chi connectivity index (χ3n) is 5.12. The van der Waals surface area contributed by atoms with Crippen molar-refractivity contribution in [3.05, 3.63) is 47.3 Å². The van der Waals surface area contributed by atoms with Gasteiger partial charge in [0.1, 0.15) is 0 Å². The van der Waals surface area contributed by atoms with Gasteiger partial charge in [-0.15, -0.1) is 0 Å². The molecule has 32 heavy (non-hydrogen) atoms. The Morgan fingerprint density at radius 3 is 2.75 bits per heavy atom. The Hall–Kier alpha value is -2.31. The number of hydrazone groups is 1. The fourth-order valence-corrected chi connectivity index (χ4v) is 5.10. The van der Waals surface area contributed by atoms with E-state index in [1.807, 2.05) is 30.5 Å². The number of aryl methyl sites for hydroxylation is 1. The number of rotatable bonds is 8. The van der Waals surface area contributed by atoms with E-state index in [-0.39, 0.29) is 4.90 Å². The summed E-state index contributed by atoms with van der Waals surface area (Å²) in [4.78, 5) is 0.272. The molecule has 1 aliphatic heterocycles. The van der Waals surface area contributed by atoms with E-state index in [4.69, 9.17) is 21.7 Å². The zero-order valence-corrected chi connectivity index (χ0v) is 20.1. The Labute approximate surface area is 194 Å². The minimum atomic E-state index is -3.57. The second kappa shape index (κ2) is 11.0. The standard InChI is InChI=1S/C21H29N5O4S2/c1-16-13-18(15-23-24-21(31)22-7-10-29-3)17(2)26(16)19-5-4-6-20(14-19)32(27,28)25-8-11-30-12-9-25/h4-6,13-15H,7-12H2,1-3H3,(H2,22,24,31)/b23-15+. The quantitative estimate of drug-likeness (QED) is 0.257. The maximum Gasteiger partial charge on any atom is 0.243 e. The van der Waals surface area contributed by atoms with Gasteiger partial charge in [-0.1, -0.05) is 6.07 Å². The maximum atomic E-state index is 13.1. The van der Waals surface area contributed by atoms with Crippen LogP contribution in [0.4, 0.5) is 0 Å². The van der Waals surface area contributed by atoms with Gasteiger partial charge in [-0.3, -0.25) is 5.43 Å². The number of methoxy groups -OCH3 is 1. The normalized spacial score (nSPS) is 15.2. The van der Waals surface area contributed by atoms with Gasteiger partial charge in [0.2, 0.25) is 10.0 Å². The minimum absolute atomic E-state index is 0.272. The molecule has 0 radical (unpaired) electrons. The lowest BCUT2D eigenvalue weighted by molar-refractivity contribution is 0.0730. The van der Waals surface area contributed by atoms with Crippen molar-refractivity contribution < 1.29 is 17.9 Å². The van der Waals surface area contributed by atoms with E-state index >= 15 is 0 Å². The highest BCUT2D eigenvalue weighted by Crippen LogP contribution is 2.24. The molecule has 0 atom stereocenters. The number of hydrogen-bond donors (Lipinski definition) is 2. The van der Waals surface area contributed by atoms with Crippen molar-refractivity contribution in [2.24, 2.45) is 5.10 Å². The maximum absolute atomic E-state index is 13.1. The second-order valence-corrected chi connectivity index (χ2v) is 9.64. The first kappa shape index (κ1) is 24.3. The van der Waals surface area contributed by atoms with Crippen molar-refractivity contribution >= 4 is 33.6 Å². The summed E-state index contributed by atoms with van der Waals surface area (Å²) in [6.45, 7) is 6.63. The summed E-state index contributed by atoms with van der Waals surface area (Å²) in [5.74, 6) is 0. The first-order valence-electron chi connectivity index (χ1n) is 10.3. The lowest BCUT2D eigenvalue weighted by Crippen LogP contribution is -2.40. The van der Waals surface area contributed by atoms with Crippen molar-refractivity contribution in [2.45, 2.75) is 18.7 Å². The van der Waals surface area contributed by atoms with E-state index in [1.54, 1.807) is 31.5 Å². The van der Waals surface area contributed by atoms with E-state index < -0.39 is 10.0 Å². The van der Waals surface area contributed by atoms with Gasteiger partial charge in [0.15, 0.2) is 5.11 Å². The van der Waals surface area contributed by atoms with E-state index in [0.717, 1.165) is 22.6 Å². The highest BCUT2D eigenvalue weighted by Gasteiger charge is 2.26. The smallest absolute Gasteiger partial charge is 0.243 e. The van der Waals surface area contributed by atoms with Crippen LogP contribution in [0.1, 0.15) is 17.0 Å². The summed E-state index contributed by atoms with van der Waals surface area (Å²) >= 11 is 5.16. The summed E-state index contributed by atoms with van der Waals surface area (Å²) in [7, 11) is -1.95. The van der Waals surface area contributed by atoms with Crippen molar-refractivity contribution in [3.8, 4) is 5.69 Å². The van der Waals surface area contributed by atoms with Gasteiger partial charge in [0, 0.05) is 49.4 Å². The van der Waals surface area contributed by atoms with Crippen LogP contribution in [-0.4, -0.2) is 75.2 Å². The number of nitrogens with zero attached hydrogens (tertiary/aromatic N) is 3. The zero-order chi connectivity index (χ0) is 23.1. The van der Waals surface area contributed by atoms with Crippen LogP contribution in [0.3, 0.4) is 0 Å². The molecular formula is C21H29N5O4S2. The van der Waals surface area contributed by atoms with Crippen LogP contribution in [0.5, 0.6) is 0 Å². The number of thiocarbonyl (C=S) groups is 1. The van der Waals surface area contributed by atoms with Crippen LogP contribution in [-0.2, 0) is 19.5 Å². The Balaban J connectivity index is 1.79. The van der Waals surface area contributed by atoms with Gasteiger partial charge in [-0.25, -0.2) is 8.42 Å². The minimum Gasteiger partial charge on any atom is -0.383 e. The molecule has 2 N–H and O–H groups in total. The fraction of sp³-hybridized carbons (Fsp3) is 0.429. The molecule has 0 saturated carbocycles. The van der Waals surface area contributed by atoms with Crippen LogP contribution < -0.4 is 10.7 Å². The number of hydrogen-bond acceptors (Lipinski definition) is 6. The van der Waals surface area contributed by atoms with Crippen molar-refractivity contribution in [1.82, 2.24) is 19.6 Å². The summed E-state index contributed by atoms with van der Waals surface area (Å²) in [5, 5.41) is 7.59. The Bertz CT molecular complexity index is 1080. The van der Waals surface area contributed by atoms with E-state index in [2.05, 4.69) is 15.8 Å². The predicted octanol–water partition coefficient (Wildman–Crippen LogP) is 1.56. The molecule has 1 aliphatic rings. The first-order valence-corrected chi connectivity index (χ1v) is 12.1. The number of morpholine rings is 1. The third-order valence-corrected chi connectivity index (χ3v) is 7.25. The lowest BCUT2D eigenvalue weighted by Gasteiger charge is -2.26. The molecule has 174 valence electrons. The van der Waals surface area contributed by atoms with E-state index in [1.165, 1.54) is 4.31 Å². The molecule has 1 aromatic heterocycles. The molecule has 1 aromatic carbocycles. The number of ether oxygens (including phenoxy) is 2. The third kappa shape index (κ3) is 5.73. The van der Waals surface area contributed by atoms with Crippen LogP contribution >= 0.6 is 12.2 Å². The zero-order valence-electron chi connectivity index (χ0n) is 18.5. The van der Waals surface area contributed by atoms with Crippen LogP contribution in [0.25, 0.3) is 5.69 Å². The van der Waals surface area contributed by atoms with Crippen LogP contribution in [0, 0.1) is 13.8 Å². The average molecular weight is 480 g/mol. The van der Waals surface area contributed by atoms with Crippen molar-refractivity contribution in [3.63, 3.8) is 0 Å². The molecular weight excluding hydrogens is 450 g/mol. The number of nitrogens with one attached hydrogen (secondary N) is 2. The molecule has 2 heterocycles. The Morgan fingerprint density at radius 1 is 1.28 bits per heavy atom. The second-order valence-electron chi connectivity index (χ2n) is 7.29. The summed E-state index contributed by atoms with van der Waals surface area (Å²) in [6.07, 6.45) is 1.69. The fourth-order valence-electron chi connectivity index (χ4n) is 3.50. The highest BCUT2D eigenvalue weighted by molar-refractivity contribution is 7.89. The molecule has 0 bridgehead atoms. The number of aromatic nitrogens is 1. The van der Waals surface area contributed by atoms with Gasteiger partial charge in [-0.2, -0.15) is 9.41 Å².